The van der Waals surface area contributed by atoms with Crippen molar-refractivity contribution in [2.45, 2.75) is 19.4 Å². The second-order valence-electron chi connectivity index (χ2n) is 3.16. The van der Waals surface area contributed by atoms with Crippen LogP contribution in [0.5, 0.6) is 0 Å². The maximum atomic E-state index is 5.18. The molecule has 0 radical (unpaired) electrons. The van der Waals surface area contributed by atoms with E-state index in [0.717, 1.165) is 24.4 Å². The molecule has 0 saturated carbocycles. The Bertz CT molecular complexity index is 296. The second kappa shape index (κ2) is 5.00. The van der Waals surface area contributed by atoms with E-state index in [0.29, 0.717) is 0 Å². The molecule has 70 valence electrons. The normalized spacial score (nSPS) is 10.3. The molecule has 1 rings (SSSR count). The molecule has 0 unspecified atom stereocenters. The lowest BCUT2D eigenvalue weighted by Gasteiger charge is -2.05. The smallest absolute Gasteiger partial charge is 0.0937 e. The van der Waals surface area contributed by atoms with Crippen LogP contribution in [-0.4, -0.2) is 24.0 Å². The summed E-state index contributed by atoms with van der Waals surface area (Å²) in [6, 6.07) is 0. The van der Waals surface area contributed by atoms with Crippen molar-refractivity contribution in [3.05, 3.63) is 16.1 Å². The number of aryl methyl sites for hydroxylation is 1. The van der Waals surface area contributed by atoms with Crippen LogP contribution in [0.15, 0.2) is 6.20 Å². The Morgan fingerprint density at radius 1 is 1.62 bits per heavy atom. The predicted molar refractivity (Wildman–Crippen MR) is 56.7 cm³/mol. The zero-order chi connectivity index (χ0) is 9.68. The van der Waals surface area contributed by atoms with Gasteiger partial charge in [0.1, 0.15) is 0 Å². The predicted octanol–water partition coefficient (Wildman–Crippen LogP) is 1.77. The van der Waals surface area contributed by atoms with Crippen molar-refractivity contribution in [2.24, 2.45) is 0 Å². The van der Waals surface area contributed by atoms with E-state index in [9.17, 15) is 0 Å². The molecule has 0 amide bonds. The summed E-state index contributed by atoms with van der Waals surface area (Å²) in [6.45, 7) is 0.966. The molecule has 2 nitrogen and oxygen atoms in total. The lowest BCUT2D eigenvalue weighted by atomic mass is 10.3. The molecule has 0 bridgehead atoms. The van der Waals surface area contributed by atoms with Gasteiger partial charge in [0.05, 0.1) is 5.01 Å². The lowest BCUT2D eigenvalue weighted by molar-refractivity contribution is 0.406. The summed E-state index contributed by atoms with van der Waals surface area (Å²) in [5.41, 5.74) is 0. The van der Waals surface area contributed by atoms with Crippen LogP contribution in [0, 0.1) is 12.3 Å². The number of terminal acetylenes is 1. The van der Waals surface area contributed by atoms with Crippen LogP contribution in [0.4, 0.5) is 0 Å². The number of nitrogens with zero attached hydrogens (tertiary/aromatic N) is 2. The number of aromatic nitrogens is 1. The Balaban J connectivity index is 2.49. The average Bonchev–Trinajstić information content (AvgIpc) is 2.48. The third-order valence-electron chi connectivity index (χ3n) is 1.56. The molecule has 1 aromatic heterocycles. The second-order valence-corrected chi connectivity index (χ2v) is 4.36. The molecule has 0 aliphatic rings. The van der Waals surface area contributed by atoms with Crippen LogP contribution < -0.4 is 0 Å². The van der Waals surface area contributed by atoms with E-state index in [1.165, 1.54) is 4.88 Å². The third-order valence-corrected chi connectivity index (χ3v) is 2.60. The highest BCUT2D eigenvalue weighted by atomic mass is 32.1. The van der Waals surface area contributed by atoms with E-state index >= 15 is 0 Å². The number of rotatable bonds is 4. The standard InChI is InChI=1S/C10H14N2S/c1-4-5-6-10-11-7-9(13-10)8-12(2)3/h1,7H,5-6,8H2,2-3H3. The first-order valence-corrected chi connectivity index (χ1v) is 5.06. The van der Waals surface area contributed by atoms with Crippen LogP contribution in [0.1, 0.15) is 16.3 Å². The van der Waals surface area contributed by atoms with Gasteiger partial charge in [-0.1, -0.05) is 0 Å². The fourth-order valence-corrected chi connectivity index (χ4v) is 2.07. The van der Waals surface area contributed by atoms with Crippen molar-refractivity contribution in [3.63, 3.8) is 0 Å². The van der Waals surface area contributed by atoms with Crippen LogP contribution in [0.2, 0.25) is 0 Å². The SMILES string of the molecule is C#CCCc1ncc(CN(C)C)s1. The maximum absolute atomic E-state index is 5.18. The summed E-state index contributed by atoms with van der Waals surface area (Å²) >= 11 is 1.75. The van der Waals surface area contributed by atoms with Crippen LogP contribution in [0.3, 0.4) is 0 Å². The molecule has 1 aromatic rings. The maximum Gasteiger partial charge on any atom is 0.0937 e. The lowest BCUT2D eigenvalue weighted by Crippen LogP contribution is -2.09. The van der Waals surface area contributed by atoms with E-state index < -0.39 is 0 Å². The van der Waals surface area contributed by atoms with Gasteiger partial charge in [-0.15, -0.1) is 23.7 Å². The van der Waals surface area contributed by atoms with Crippen molar-refractivity contribution in [1.29, 1.82) is 0 Å². The molecular formula is C10H14N2S. The van der Waals surface area contributed by atoms with Crippen molar-refractivity contribution in [2.75, 3.05) is 14.1 Å². The molecule has 0 spiro atoms. The first-order chi connectivity index (χ1) is 6.22. The highest BCUT2D eigenvalue weighted by Crippen LogP contribution is 2.15. The van der Waals surface area contributed by atoms with Crippen molar-refractivity contribution in [1.82, 2.24) is 9.88 Å². The minimum absolute atomic E-state index is 0.787. The zero-order valence-electron chi connectivity index (χ0n) is 8.08. The van der Waals surface area contributed by atoms with Crippen molar-refractivity contribution >= 4 is 11.3 Å². The van der Waals surface area contributed by atoms with Crippen molar-refractivity contribution in [3.8, 4) is 12.3 Å². The Morgan fingerprint density at radius 3 is 3.00 bits per heavy atom. The highest BCUT2D eigenvalue weighted by molar-refractivity contribution is 7.11. The number of hydrogen-bond acceptors (Lipinski definition) is 3. The molecule has 0 atom stereocenters. The largest absolute Gasteiger partial charge is 0.304 e. The van der Waals surface area contributed by atoms with Gasteiger partial charge in [0, 0.05) is 30.5 Å². The Morgan fingerprint density at radius 2 is 2.38 bits per heavy atom. The highest BCUT2D eigenvalue weighted by Gasteiger charge is 2.01. The minimum atomic E-state index is 0.787. The van der Waals surface area contributed by atoms with Gasteiger partial charge in [-0.25, -0.2) is 4.98 Å². The molecule has 3 heteroatoms. The van der Waals surface area contributed by atoms with Gasteiger partial charge in [0.25, 0.3) is 0 Å². The van der Waals surface area contributed by atoms with Gasteiger partial charge in [-0.2, -0.15) is 0 Å². The molecule has 0 aliphatic carbocycles. The fourth-order valence-electron chi connectivity index (χ4n) is 1.03. The summed E-state index contributed by atoms with van der Waals surface area (Å²) < 4.78 is 0. The molecule has 0 saturated heterocycles. The van der Waals surface area contributed by atoms with E-state index in [1.807, 2.05) is 6.20 Å². The number of hydrogen-bond donors (Lipinski definition) is 0. The van der Waals surface area contributed by atoms with Gasteiger partial charge < -0.3 is 4.90 Å². The molecule has 0 N–H and O–H groups in total. The quantitative estimate of drug-likeness (QED) is 0.679. The molecule has 1 heterocycles. The van der Waals surface area contributed by atoms with E-state index in [4.69, 9.17) is 6.42 Å². The van der Waals surface area contributed by atoms with Crippen molar-refractivity contribution < 1.29 is 0 Å². The topological polar surface area (TPSA) is 16.1 Å². The Kier molecular flexibility index (Phi) is 3.94. The third kappa shape index (κ3) is 3.58. The molecular weight excluding hydrogens is 180 g/mol. The summed E-state index contributed by atoms with van der Waals surface area (Å²) in [6.07, 6.45) is 8.82. The zero-order valence-corrected chi connectivity index (χ0v) is 8.90. The summed E-state index contributed by atoms with van der Waals surface area (Å²) in [4.78, 5) is 7.74. The summed E-state index contributed by atoms with van der Waals surface area (Å²) in [7, 11) is 4.11. The van der Waals surface area contributed by atoms with Gasteiger partial charge in [-0.05, 0) is 14.1 Å². The fraction of sp³-hybridized carbons (Fsp3) is 0.500. The monoisotopic (exact) mass is 194 g/mol. The number of thiazole rings is 1. The van der Waals surface area contributed by atoms with E-state index in [-0.39, 0.29) is 0 Å². The van der Waals surface area contributed by atoms with Gasteiger partial charge in [0.15, 0.2) is 0 Å². The summed E-state index contributed by atoms with van der Waals surface area (Å²) in [5, 5.41) is 1.15. The van der Waals surface area contributed by atoms with Crippen LogP contribution in [-0.2, 0) is 13.0 Å². The van der Waals surface area contributed by atoms with Crippen LogP contribution in [0.25, 0.3) is 0 Å². The van der Waals surface area contributed by atoms with Gasteiger partial charge in [0.2, 0.25) is 0 Å². The first-order valence-electron chi connectivity index (χ1n) is 4.24. The van der Waals surface area contributed by atoms with E-state index in [2.05, 4.69) is 29.9 Å². The molecule has 13 heavy (non-hydrogen) atoms. The van der Waals surface area contributed by atoms with Gasteiger partial charge >= 0.3 is 0 Å². The average molecular weight is 194 g/mol. The van der Waals surface area contributed by atoms with Gasteiger partial charge in [-0.3, -0.25) is 0 Å². The van der Waals surface area contributed by atoms with E-state index in [1.54, 1.807) is 11.3 Å². The Hall–Kier alpha value is -0.850. The van der Waals surface area contributed by atoms with Crippen LogP contribution >= 0.6 is 11.3 Å². The molecule has 0 aliphatic heterocycles. The molecule has 0 aromatic carbocycles. The Labute approximate surface area is 83.6 Å². The first kappa shape index (κ1) is 10.2. The minimum Gasteiger partial charge on any atom is -0.304 e. The summed E-state index contributed by atoms with van der Waals surface area (Å²) in [5.74, 6) is 2.62. The molecule has 0 fully saturated rings.